The Balaban J connectivity index is 1.71. The Hall–Kier alpha value is -2.89. The highest BCUT2D eigenvalue weighted by Gasteiger charge is 2.22. The Morgan fingerprint density at radius 1 is 0.897 bits per heavy atom. The molecule has 1 atom stereocenters. The lowest BCUT2D eigenvalue weighted by molar-refractivity contribution is 0.577. The lowest BCUT2D eigenvalue weighted by Crippen LogP contribution is -2.29. The van der Waals surface area contributed by atoms with Gasteiger partial charge in [0.2, 0.25) is 10.0 Å². The molecule has 0 aliphatic heterocycles. The lowest BCUT2D eigenvalue weighted by Gasteiger charge is -2.18. The summed E-state index contributed by atoms with van der Waals surface area (Å²) in [4.78, 5) is 0.285. The van der Waals surface area contributed by atoms with E-state index in [1.165, 1.54) is 0 Å². The topological polar surface area (TPSA) is 51.1 Å². The van der Waals surface area contributed by atoms with Crippen LogP contribution in [0.25, 0.3) is 10.9 Å². The van der Waals surface area contributed by atoms with Crippen molar-refractivity contribution in [1.82, 2.24) is 9.29 Å². The second-order valence-electron chi connectivity index (χ2n) is 7.34. The van der Waals surface area contributed by atoms with Gasteiger partial charge in [-0.2, -0.15) is 0 Å². The molecule has 0 amide bonds. The van der Waals surface area contributed by atoms with Gasteiger partial charge in [0, 0.05) is 36.6 Å². The average molecular weight is 405 g/mol. The minimum Gasteiger partial charge on any atom is -0.350 e. The van der Waals surface area contributed by atoms with E-state index in [2.05, 4.69) is 27.6 Å². The van der Waals surface area contributed by atoms with Crippen molar-refractivity contribution in [2.45, 2.75) is 17.7 Å². The molecule has 4 aromatic rings. The van der Waals surface area contributed by atoms with Crippen LogP contribution in [-0.4, -0.2) is 19.5 Å². The molecule has 0 radical (unpaired) electrons. The molecule has 148 valence electrons. The van der Waals surface area contributed by atoms with E-state index >= 15 is 0 Å². The second kappa shape index (κ2) is 7.85. The van der Waals surface area contributed by atoms with Crippen LogP contribution < -0.4 is 4.72 Å². The van der Waals surface area contributed by atoms with Gasteiger partial charge in [0.15, 0.2) is 0 Å². The summed E-state index contributed by atoms with van der Waals surface area (Å²) in [6.07, 6.45) is 2.10. The smallest absolute Gasteiger partial charge is 0.240 e. The van der Waals surface area contributed by atoms with Crippen LogP contribution >= 0.6 is 0 Å². The van der Waals surface area contributed by atoms with Crippen LogP contribution in [0.5, 0.6) is 0 Å². The van der Waals surface area contributed by atoms with Gasteiger partial charge in [-0.05, 0) is 36.2 Å². The number of aryl methyl sites for hydroxylation is 2. The number of nitrogens with zero attached hydrogens (tertiary/aromatic N) is 1. The van der Waals surface area contributed by atoms with Gasteiger partial charge in [0.1, 0.15) is 0 Å². The molecule has 0 aliphatic rings. The number of sulfonamides is 1. The van der Waals surface area contributed by atoms with Crippen molar-refractivity contribution in [2.75, 3.05) is 6.54 Å². The Morgan fingerprint density at radius 3 is 2.28 bits per heavy atom. The molecular weight excluding hydrogens is 380 g/mol. The number of hydrogen-bond donors (Lipinski definition) is 1. The summed E-state index contributed by atoms with van der Waals surface area (Å²) >= 11 is 0. The summed E-state index contributed by atoms with van der Waals surface area (Å²) in [6, 6.07) is 25.2. The molecule has 1 aromatic heterocycles. The molecule has 5 heteroatoms. The first kappa shape index (κ1) is 19.4. The van der Waals surface area contributed by atoms with Crippen LogP contribution in [0, 0.1) is 6.92 Å². The van der Waals surface area contributed by atoms with E-state index in [1.807, 2.05) is 68.6 Å². The fourth-order valence-corrected chi connectivity index (χ4v) is 4.78. The Bertz CT molecular complexity index is 1230. The molecule has 4 nitrogen and oxygen atoms in total. The molecule has 0 saturated heterocycles. The highest BCUT2D eigenvalue weighted by Crippen LogP contribution is 2.32. The van der Waals surface area contributed by atoms with Gasteiger partial charge in [-0.1, -0.05) is 66.2 Å². The number of aromatic nitrogens is 1. The van der Waals surface area contributed by atoms with Crippen LogP contribution in [0.4, 0.5) is 0 Å². The van der Waals surface area contributed by atoms with E-state index in [9.17, 15) is 8.42 Å². The van der Waals surface area contributed by atoms with E-state index in [0.717, 1.165) is 27.6 Å². The third-order valence-electron chi connectivity index (χ3n) is 5.31. The van der Waals surface area contributed by atoms with Gasteiger partial charge < -0.3 is 4.57 Å². The van der Waals surface area contributed by atoms with Crippen LogP contribution in [-0.2, 0) is 17.1 Å². The quantitative estimate of drug-likeness (QED) is 0.511. The van der Waals surface area contributed by atoms with E-state index in [4.69, 9.17) is 0 Å². The molecule has 0 saturated carbocycles. The monoisotopic (exact) mass is 404 g/mol. The molecule has 1 N–H and O–H groups in total. The molecular formula is C24H24N2O2S. The number of hydrogen-bond acceptors (Lipinski definition) is 2. The van der Waals surface area contributed by atoms with Gasteiger partial charge >= 0.3 is 0 Å². The van der Waals surface area contributed by atoms with Crippen molar-refractivity contribution in [3.63, 3.8) is 0 Å². The van der Waals surface area contributed by atoms with Gasteiger partial charge in [-0.3, -0.25) is 0 Å². The zero-order chi connectivity index (χ0) is 20.4. The lowest BCUT2D eigenvalue weighted by atomic mass is 9.91. The summed E-state index contributed by atoms with van der Waals surface area (Å²) in [7, 11) is -1.57. The predicted molar refractivity (Wildman–Crippen MR) is 118 cm³/mol. The number of rotatable bonds is 6. The maximum absolute atomic E-state index is 12.9. The maximum atomic E-state index is 12.9. The predicted octanol–water partition coefficient (Wildman–Crippen LogP) is 4.60. The van der Waals surface area contributed by atoms with Gasteiger partial charge in [-0.25, -0.2) is 13.1 Å². The maximum Gasteiger partial charge on any atom is 0.240 e. The fourth-order valence-electron chi connectivity index (χ4n) is 3.74. The molecule has 0 spiro atoms. The number of para-hydroxylation sites is 1. The third kappa shape index (κ3) is 3.97. The average Bonchev–Trinajstić information content (AvgIpc) is 3.06. The second-order valence-corrected chi connectivity index (χ2v) is 9.11. The Labute approximate surface area is 171 Å². The Morgan fingerprint density at radius 2 is 1.55 bits per heavy atom. The minimum absolute atomic E-state index is 0.0949. The number of fused-ring (bicyclic) bond motifs is 1. The summed E-state index contributed by atoms with van der Waals surface area (Å²) in [5.74, 6) is -0.0949. The first-order chi connectivity index (χ1) is 14.0. The zero-order valence-corrected chi connectivity index (χ0v) is 17.4. The van der Waals surface area contributed by atoms with Crippen LogP contribution in [0.1, 0.15) is 22.6 Å². The first-order valence-corrected chi connectivity index (χ1v) is 11.1. The zero-order valence-electron chi connectivity index (χ0n) is 16.5. The van der Waals surface area contributed by atoms with E-state index < -0.39 is 10.0 Å². The molecule has 3 aromatic carbocycles. The molecule has 0 fully saturated rings. The standard InChI is InChI=1S/C24H24N2O2S/c1-18-12-14-20(15-13-18)29(27,28)25-16-22(19-8-4-3-5-9-19)23-17-26(2)24-11-7-6-10-21(23)24/h3-15,17,22,25H,16H2,1-2H3. The fraction of sp³-hybridized carbons (Fsp3) is 0.167. The third-order valence-corrected chi connectivity index (χ3v) is 6.75. The van der Waals surface area contributed by atoms with Crippen molar-refractivity contribution < 1.29 is 8.42 Å². The Kier molecular flexibility index (Phi) is 5.26. The summed E-state index contributed by atoms with van der Waals surface area (Å²) in [5.41, 5.74) is 4.35. The van der Waals surface area contributed by atoms with Gasteiger partial charge in [0.25, 0.3) is 0 Å². The SMILES string of the molecule is Cc1ccc(S(=O)(=O)NCC(c2ccccc2)c2cn(C)c3ccccc23)cc1. The number of nitrogens with one attached hydrogen (secondary N) is 1. The van der Waals surface area contributed by atoms with Crippen LogP contribution in [0.15, 0.2) is 90.0 Å². The van der Waals surface area contributed by atoms with Crippen LogP contribution in [0.2, 0.25) is 0 Å². The number of benzene rings is 3. The van der Waals surface area contributed by atoms with Gasteiger partial charge in [-0.15, -0.1) is 0 Å². The van der Waals surface area contributed by atoms with Gasteiger partial charge in [0.05, 0.1) is 4.90 Å². The van der Waals surface area contributed by atoms with Crippen LogP contribution in [0.3, 0.4) is 0 Å². The molecule has 29 heavy (non-hydrogen) atoms. The molecule has 1 heterocycles. The van der Waals surface area contributed by atoms with E-state index in [1.54, 1.807) is 12.1 Å². The van der Waals surface area contributed by atoms with E-state index in [0.29, 0.717) is 0 Å². The summed E-state index contributed by atoms with van der Waals surface area (Å²) in [5, 5.41) is 1.14. The highest BCUT2D eigenvalue weighted by atomic mass is 32.2. The molecule has 0 aliphatic carbocycles. The van der Waals surface area contributed by atoms with Crippen molar-refractivity contribution in [3.8, 4) is 0 Å². The largest absolute Gasteiger partial charge is 0.350 e. The van der Waals surface area contributed by atoms with E-state index in [-0.39, 0.29) is 17.4 Å². The normalized spacial score (nSPS) is 12.9. The molecule has 4 rings (SSSR count). The van der Waals surface area contributed by atoms with Crippen molar-refractivity contribution in [2.24, 2.45) is 7.05 Å². The van der Waals surface area contributed by atoms with Crippen molar-refractivity contribution in [3.05, 3.63) is 102 Å². The molecule has 1 unspecified atom stereocenters. The highest BCUT2D eigenvalue weighted by molar-refractivity contribution is 7.89. The molecule has 0 bridgehead atoms. The van der Waals surface area contributed by atoms with Crippen molar-refractivity contribution >= 4 is 20.9 Å². The van der Waals surface area contributed by atoms with Crippen molar-refractivity contribution in [1.29, 1.82) is 0 Å². The summed E-state index contributed by atoms with van der Waals surface area (Å²) < 4.78 is 30.6. The first-order valence-electron chi connectivity index (χ1n) is 9.61. The minimum atomic E-state index is -3.59. The summed E-state index contributed by atoms with van der Waals surface area (Å²) in [6.45, 7) is 2.23.